The third-order valence-corrected chi connectivity index (χ3v) is 3.73. The molecule has 1 amide bonds. The molecule has 1 aromatic carbocycles. The lowest BCUT2D eigenvalue weighted by Crippen LogP contribution is -2.34. The molecular weight excluding hydrogens is 356 g/mol. The molecule has 7 heteroatoms. The van der Waals surface area contributed by atoms with Crippen LogP contribution in [0, 0.1) is 0 Å². The number of rotatable bonds is 6. The van der Waals surface area contributed by atoms with E-state index in [1.165, 1.54) is 0 Å². The molecule has 2 rings (SSSR count). The Bertz CT molecular complexity index is 750. The fourth-order valence-electron chi connectivity index (χ4n) is 2.35. The number of nitrogens with one attached hydrogen (secondary N) is 1. The third kappa shape index (κ3) is 5.39. The van der Waals surface area contributed by atoms with Crippen LogP contribution in [0.1, 0.15) is 46.1 Å². The Labute approximate surface area is 158 Å². The summed E-state index contributed by atoms with van der Waals surface area (Å²) < 4.78 is 16.4. The summed E-state index contributed by atoms with van der Waals surface area (Å²) in [6.07, 6.45) is -0.484. The summed E-state index contributed by atoms with van der Waals surface area (Å²) in [5.41, 5.74) is 1.08. The van der Waals surface area contributed by atoms with Gasteiger partial charge in [-0.15, -0.1) is 0 Å². The topological polar surface area (TPSA) is 73.6 Å². The van der Waals surface area contributed by atoms with Crippen molar-refractivity contribution >= 4 is 17.7 Å². The van der Waals surface area contributed by atoms with Crippen molar-refractivity contribution in [1.29, 1.82) is 0 Å². The second-order valence-corrected chi connectivity index (χ2v) is 7.55. The predicted molar refractivity (Wildman–Crippen MR) is 101 cm³/mol. The van der Waals surface area contributed by atoms with Crippen LogP contribution in [0.5, 0.6) is 5.88 Å². The molecular formula is C19H25ClN2O4. The Morgan fingerprint density at radius 1 is 1.31 bits per heavy atom. The quantitative estimate of drug-likeness (QED) is 0.712. The Balaban J connectivity index is 2.03. The van der Waals surface area contributed by atoms with Crippen LogP contribution in [0.3, 0.4) is 0 Å². The Hall–Kier alpha value is -2.21. The van der Waals surface area contributed by atoms with Crippen molar-refractivity contribution < 1.29 is 18.8 Å². The first kappa shape index (κ1) is 20.1. The Morgan fingerprint density at radius 2 is 2.00 bits per heavy atom. The summed E-state index contributed by atoms with van der Waals surface area (Å²) in [7, 11) is 0. The highest BCUT2D eigenvalue weighted by Gasteiger charge is 2.23. The van der Waals surface area contributed by atoms with Crippen LogP contribution in [0.4, 0.5) is 4.79 Å². The zero-order chi connectivity index (χ0) is 19.3. The van der Waals surface area contributed by atoms with E-state index in [1.54, 1.807) is 6.07 Å². The minimum absolute atomic E-state index is 0.126. The van der Waals surface area contributed by atoms with Crippen molar-refractivity contribution in [2.45, 2.75) is 46.1 Å². The average molecular weight is 381 g/mol. The first-order valence-corrected chi connectivity index (χ1v) is 8.91. The fraction of sp³-hybridized carbons (Fsp3) is 0.474. The van der Waals surface area contributed by atoms with Crippen molar-refractivity contribution in [2.24, 2.45) is 0 Å². The van der Waals surface area contributed by atoms with E-state index < -0.39 is 11.7 Å². The summed E-state index contributed by atoms with van der Waals surface area (Å²) in [4.78, 5) is 11.6. The highest BCUT2D eigenvalue weighted by molar-refractivity contribution is 6.33. The zero-order valence-corrected chi connectivity index (χ0v) is 16.5. The number of amides is 1. The lowest BCUT2D eigenvalue weighted by Gasteiger charge is -2.19. The minimum atomic E-state index is -0.536. The SMILES string of the molecule is CC(C)c1c(OCCNC(=O)OC(C)(C)C)noc1-c1ccccc1Cl. The monoisotopic (exact) mass is 380 g/mol. The molecule has 0 spiro atoms. The van der Waals surface area contributed by atoms with Gasteiger partial charge in [-0.2, -0.15) is 0 Å². The summed E-state index contributed by atoms with van der Waals surface area (Å²) in [6.45, 7) is 10.0. The number of aromatic nitrogens is 1. The van der Waals surface area contributed by atoms with E-state index in [0.29, 0.717) is 23.2 Å². The van der Waals surface area contributed by atoms with Crippen molar-refractivity contribution in [3.8, 4) is 17.2 Å². The van der Waals surface area contributed by atoms with Crippen LogP contribution in [0.15, 0.2) is 28.8 Å². The molecule has 26 heavy (non-hydrogen) atoms. The molecule has 0 aliphatic carbocycles. The summed E-state index contributed by atoms with van der Waals surface area (Å²) in [5, 5.41) is 7.26. The van der Waals surface area contributed by atoms with Gasteiger partial charge >= 0.3 is 6.09 Å². The van der Waals surface area contributed by atoms with E-state index in [9.17, 15) is 4.79 Å². The number of nitrogens with zero attached hydrogens (tertiary/aromatic N) is 1. The van der Waals surface area contributed by atoms with Gasteiger partial charge in [-0.3, -0.25) is 0 Å². The number of carbonyl (C=O) groups is 1. The minimum Gasteiger partial charge on any atom is -0.473 e. The summed E-state index contributed by atoms with van der Waals surface area (Å²) >= 11 is 6.27. The number of benzene rings is 1. The molecule has 0 fully saturated rings. The molecule has 2 aromatic rings. The molecule has 0 atom stereocenters. The van der Waals surface area contributed by atoms with Crippen molar-refractivity contribution in [3.63, 3.8) is 0 Å². The molecule has 1 N–H and O–H groups in total. The number of hydrogen-bond acceptors (Lipinski definition) is 5. The van der Waals surface area contributed by atoms with Crippen LogP contribution in [-0.2, 0) is 4.74 Å². The average Bonchev–Trinajstić information content (AvgIpc) is 2.94. The lowest BCUT2D eigenvalue weighted by molar-refractivity contribution is 0.0519. The normalized spacial score (nSPS) is 11.5. The molecule has 6 nitrogen and oxygen atoms in total. The van der Waals surface area contributed by atoms with Gasteiger partial charge in [-0.25, -0.2) is 4.79 Å². The van der Waals surface area contributed by atoms with Crippen molar-refractivity contribution in [2.75, 3.05) is 13.2 Å². The Kier molecular flexibility index (Phi) is 6.53. The van der Waals surface area contributed by atoms with E-state index in [2.05, 4.69) is 10.5 Å². The first-order chi connectivity index (χ1) is 12.2. The van der Waals surface area contributed by atoms with Crippen molar-refractivity contribution in [3.05, 3.63) is 34.9 Å². The molecule has 0 aliphatic rings. The molecule has 0 aliphatic heterocycles. The van der Waals surface area contributed by atoms with Crippen LogP contribution < -0.4 is 10.1 Å². The van der Waals surface area contributed by atoms with E-state index in [0.717, 1.165) is 11.1 Å². The van der Waals surface area contributed by atoms with Crippen LogP contribution in [-0.4, -0.2) is 30.0 Å². The van der Waals surface area contributed by atoms with E-state index in [1.807, 2.05) is 52.8 Å². The number of ether oxygens (including phenoxy) is 2. The number of carbonyl (C=O) groups excluding carboxylic acids is 1. The molecule has 142 valence electrons. The molecule has 0 bridgehead atoms. The Morgan fingerprint density at radius 3 is 2.62 bits per heavy atom. The third-order valence-electron chi connectivity index (χ3n) is 3.40. The number of alkyl carbamates (subject to hydrolysis) is 1. The predicted octanol–water partition coefficient (Wildman–Crippen LogP) is 5.02. The van der Waals surface area contributed by atoms with Gasteiger partial charge in [0.25, 0.3) is 5.88 Å². The maximum atomic E-state index is 11.6. The largest absolute Gasteiger partial charge is 0.473 e. The summed E-state index contributed by atoms with van der Waals surface area (Å²) in [6, 6.07) is 7.42. The van der Waals surface area contributed by atoms with Crippen LogP contribution in [0.25, 0.3) is 11.3 Å². The molecule has 0 saturated carbocycles. The van der Waals surface area contributed by atoms with Gasteiger partial charge in [-0.05, 0) is 44.0 Å². The standard InChI is InChI=1S/C19H25ClN2O4/c1-12(2)15-16(13-8-6-7-9-14(13)20)26-22-17(15)24-11-10-21-18(23)25-19(3,4)5/h6-9,12H,10-11H2,1-5H3,(H,21,23). The highest BCUT2D eigenvalue weighted by Crippen LogP contribution is 2.38. The lowest BCUT2D eigenvalue weighted by atomic mass is 10.00. The van der Waals surface area contributed by atoms with Gasteiger partial charge in [0.2, 0.25) is 0 Å². The van der Waals surface area contributed by atoms with E-state index >= 15 is 0 Å². The van der Waals surface area contributed by atoms with Gasteiger partial charge in [0, 0.05) is 5.56 Å². The van der Waals surface area contributed by atoms with Crippen LogP contribution >= 0.6 is 11.6 Å². The molecule has 0 saturated heterocycles. The second-order valence-electron chi connectivity index (χ2n) is 7.14. The maximum Gasteiger partial charge on any atom is 0.407 e. The van der Waals surface area contributed by atoms with Gasteiger partial charge in [0.1, 0.15) is 12.2 Å². The van der Waals surface area contributed by atoms with Crippen molar-refractivity contribution in [1.82, 2.24) is 10.5 Å². The maximum absolute atomic E-state index is 11.6. The fourth-order valence-corrected chi connectivity index (χ4v) is 2.57. The second kappa shape index (κ2) is 8.45. The van der Waals surface area contributed by atoms with Gasteiger partial charge in [0.15, 0.2) is 5.76 Å². The summed E-state index contributed by atoms with van der Waals surface area (Å²) in [5.74, 6) is 1.13. The zero-order valence-electron chi connectivity index (χ0n) is 15.8. The molecule has 0 unspecified atom stereocenters. The first-order valence-electron chi connectivity index (χ1n) is 8.53. The van der Waals surface area contributed by atoms with Crippen LogP contribution in [0.2, 0.25) is 5.02 Å². The molecule has 1 aromatic heterocycles. The number of hydrogen-bond donors (Lipinski definition) is 1. The smallest absolute Gasteiger partial charge is 0.407 e. The van der Waals surface area contributed by atoms with Gasteiger partial charge < -0.3 is 19.3 Å². The van der Waals surface area contributed by atoms with Gasteiger partial charge in [-0.1, -0.05) is 37.6 Å². The highest BCUT2D eigenvalue weighted by atomic mass is 35.5. The van der Waals surface area contributed by atoms with E-state index in [-0.39, 0.29) is 12.5 Å². The molecule has 0 radical (unpaired) electrons. The number of halogens is 1. The van der Waals surface area contributed by atoms with Gasteiger partial charge in [0.05, 0.1) is 17.1 Å². The molecule has 1 heterocycles. The van der Waals surface area contributed by atoms with E-state index in [4.69, 9.17) is 25.6 Å².